The summed E-state index contributed by atoms with van der Waals surface area (Å²) in [4.78, 5) is 12.0. The molecule has 2 rings (SSSR count). The first-order valence-corrected chi connectivity index (χ1v) is 5.70. The van der Waals surface area contributed by atoms with Crippen molar-refractivity contribution in [2.24, 2.45) is 0 Å². The molecule has 0 aliphatic carbocycles. The van der Waals surface area contributed by atoms with Crippen LogP contribution in [0.4, 0.5) is 10.1 Å². The molecule has 0 saturated carbocycles. The number of hydrogen-bond acceptors (Lipinski definition) is 1. The van der Waals surface area contributed by atoms with Gasteiger partial charge in [-0.05, 0) is 49.7 Å². The minimum Gasteiger partial charge on any atom is -0.322 e. The van der Waals surface area contributed by atoms with Gasteiger partial charge in [0.05, 0.1) is 0 Å². The summed E-state index contributed by atoms with van der Waals surface area (Å²) in [5.74, 6) is -0.585. The highest BCUT2D eigenvalue weighted by molar-refractivity contribution is 6.04. The first kappa shape index (κ1) is 12.3. The fourth-order valence-corrected chi connectivity index (χ4v) is 1.80. The Hall–Kier alpha value is -2.16. The maximum absolute atomic E-state index is 13.2. The first-order chi connectivity index (χ1) is 8.54. The maximum Gasteiger partial charge on any atom is 0.255 e. The number of carbonyl (C=O) groups is 1. The molecule has 2 aromatic carbocycles. The molecule has 0 aliphatic heterocycles. The molecule has 0 spiro atoms. The van der Waals surface area contributed by atoms with Crippen LogP contribution in [0.15, 0.2) is 42.5 Å². The predicted octanol–water partition coefficient (Wildman–Crippen LogP) is 3.69. The molecule has 0 heterocycles. The SMILES string of the molecule is Cc1cc(F)cc(NC(=O)c2cccc(C)c2)c1. The highest BCUT2D eigenvalue weighted by Gasteiger charge is 2.07. The quantitative estimate of drug-likeness (QED) is 0.856. The van der Waals surface area contributed by atoms with E-state index in [4.69, 9.17) is 0 Å². The Kier molecular flexibility index (Phi) is 3.42. The van der Waals surface area contributed by atoms with Gasteiger partial charge in [0.15, 0.2) is 0 Å². The van der Waals surface area contributed by atoms with Gasteiger partial charge in [-0.1, -0.05) is 17.7 Å². The third-order valence-electron chi connectivity index (χ3n) is 2.58. The molecule has 0 radical (unpaired) electrons. The van der Waals surface area contributed by atoms with Crippen LogP contribution in [0.2, 0.25) is 0 Å². The summed E-state index contributed by atoms with van der Waals surface area (Å²) in [6.45, 7) is 3.70. The molecular weight excluding hydrogens is 229 g/mol. The van der Waals surface area contributed by atoms with E-state index in [0.29, 0.717) is 11.3 Å². The number of carbonyl (C=O) groups excluding carboxylic acids is 1. The van der Waals surface area contributed by atoms with Crippen LogP contribution >= 0.6 is 0 Å². The van der Waals surface area contributed by atoms with E-state index in [2.05, 4.69) is 5.32 Å². The Labute approximate surface area is 105 Å². The predicted molar refractivity (Wildman–Crippen MR) is 70.3 cm³/mol. The molecule has 2 aromatic rings. The lowest BCUT2D eigenvalue weighted by Gasteiger charge is -2.07. The van der Waals surface area contributed by atoms with Gasteiger partial charge in [0, 0.05) is 11.3 Å². The summed E-state index contributed by atoms with van der Waals surface area (Å²) < 4.78 is 13.2. The van der Waals surface area contributed by atoms with Crippen LogP contribution in [-0.2, 0) is 0 Å². The molecule has 0 fully saturated rings. The normalized spacial score (nSPS) is 10.2. The van der Waals surface area contributed by atoms with Gasteiger partial charge in [0.25, 0.3) is 5.91 Å². The molecule has 3 heteroatoms. The molecule has 0 aromatic heterocycles. The third-order valence-corrected chi connectivity index (χ3v) is 2.58. The van der Waals surface area contributed by atoms with Gasteiger partial charge in [0.2, 0.25) is 0 Å². The van der Waals surface area contributed by atoms with Crippen molar-refractivity contribution in [3.63, 3.8) is 0 Å². The highest BCUT2D eigenvalue weighted by atomic mass is 19.1. The van der Waals surface area contributed by atoms with Crippen molar-refractivity contribution in [2.45, 2.75) is 13.8 Å². The van der Waals surface area contributed by atoms with Gasteiger partial charge in [-0.3, -0.25) is 4.79 Å². The van der Waals surface area contributed by atoms with Crippen molar-refractivity contribution >= 4 is 11.6 Å². The van der Waals surface area contributed by atoms with E-state index in [0.717, 1.165) is 11.1 Å². The van der Waals surface area contributed by atoms with Crippen LogP contribution in [0.5, 0.6) is 0 Å². The number of amides is 1. The molecule has 92 valence electrons. The summed E-state index contributed by atoms with van der Waals surface area (Å²) in [6, 6.07) is 11.7. The van der Waals surface area contributed by atoms with Gasteiger partial charge in [-0.15, -0.1) is 0 Å². The van der Waals surface area contributed by atoms with Crippen molar-refractivity contribution in [3.05, 3.63) is 65.0 Å². The molecule has 1 amide bonds. The summed E-state index contributed by atoms with van der Waals surface area (Å²) in [6.07, 6.45) is 0. The number of rotatable bonds is 2. The molecule has 18 heavy (non-hydrogen) atoms. The number of nitrogens with one attached hydrogen (secondary N) is 1. The Balaban J connectivity index is 2.21. The Morgan fingerprint density at radius 2 is 1.83 bits per heavy atom. The van der Waals surface area contributed by atoms with Gasteiger partial charge in [0.1, 0.15) is 5.82 Å². The van der Waals surface area contributed by atoms with Crippen molar-refractivity contribution in [1.29, 1.82) is 0 Å². The smallest absolute Gasteiger partial charge is 0.255 e. The number of anilines is 1. The zero-order valence-electron chi connectivity index (χ0n) is 10.3. The van der Waals surface area contributed by atoms with E-state index in [9.17, 15) is 9.18 Å². The van der Waals surface area contributed by atoms with E-state index < -0.39 is 0 Å². The van der Waals surface area contributed by atoms with E-state index in [1.165, 1.54) is 12.1 Å². The van der Waals surface area contributed by atoms with Gasteiger partial charge in [-0.25, -0.2) is 4.39 Å². The van der Waals surface area contributed by atoms with Gasteiger partial charge in [-0.2, -0.15) is 0 Å². The van der Waals surface area contributed by atoms with Crippen molar-refractivity contribution in [1.82, 2.24) is 0 Å². The topological polar surface area (TPSA) is 29.1 Å². The molecule has 0 bridgehead atoms. The van der Waals surface area contributed by atoms with Crippen LogP contribution in [0.1, 0.15) is 21.5 Å². The van der Waals surface area contributed by atoms with E-state index >= 15 is 0 Å². The molecule has 0 unspecified atom stereocenters. The van der Waals surface area contributed by atoms with Crippen molar-refractivity contribution < 1.29 is 9.18 Å². The van der Waals surface area contributed by atoms with Crippen LogP contribution in [0.25, 0.3) is 0 Å². The van der Waals surface area contributed by atoms with E-state index in [1.54, 1.807) is 25.1 Å². The first-order valence-electron chi connectivity index (χ1n) is 5.70. The number of aryl methyl sites for hydroxylation is 2. The fraction of sp³-hybridized carbons (Fsp3) is 0.133. The molecule has 1 N–H and O–H groups in total. The van der Waals surface area contributed by atoms with E-state index in [1.807, 2.05) is 19.1 Å². The van der Waals surface area contributed by atoms with Crippen LogP contribution in [0, 0.1) is 19.7 Å². The molecule has 0 aliphatic rings. The minimum absolute atomic E-state index is 0.233. The number of hydrogen-bond donors (Lipinski definition) is 1. The molecule has 2 nitrogen and oxygen atoms in total. The zero-order valence-corrected chi connectivity index (χ0v) is 10.3. The average molecular weight is 243 g/mol. The van der Waals surface area contributed by atoms with E-state index in [-0.39, 0.29) is 11.7 Å². The highest BCUT2D eigenvalue weighted by Crippen LogP contribution is 2.15. The average Bonchev–Trinajstić information content (AvgIpc) is 2.27. The summed E-state index contributed by atoms with van der Waals surface area (Å²) in [5.41, 5.74) is 2.82. The minimum atomic E-state index is -0.352. The Morgan fingerprint density at radius 1 is 1.06 bits per heavy atom. The standard InChI is InChI=1S/C15H14FNO/c1-10-4-3-5-12(6-10)15(18)17-14-8-11(2)7-13(16)9-14/h3-9H,1-2H3,(H,17,18). The van der Waals surface area contributed by atoms with Crippen molar-refractivity contribution in [2.75, 3.05) is 5.32 Å². The summed E-state index contributed by atoms with van der Waals surface area (Å²) in [5, 5.41) is 2.69. The molecular formula is C15H14FNO. The lowest BCUT2D eigenvalue weighted by Crippen LogP contribution is -2.12. The number of halogens is 1. The van der Waals surface area contributed by atoms with Crippen molar-refractivity contribution in [3.8, 4) is 0 Å². The second-order valence-electron chi connectivity index (χ2n) is 4.34. The summed E-state index contributed by atoms with van der Waals surface area (Å²) >= 11 is 0. The number of benzene rings is 2. The lowest BCUT2D eigenvalue weighted by molar-refractivity contribution is 0.102. The lowest BCUT2D eigenvalue weighted by atomic mass is 10.1. The second-order valence-corrected chi connectivity index (χ2v) is 4.34. The van der Waals surface area contributed by atoms with Gasteiger partial charge >= 0.3 is 0 Å². The third kappa shape index (κ3) is 2.94. The monoisotopic (exact) mass is 243 g/mol. The van der Waals surface area contributed by atoms with Crippen LogP contribution < -0.4 is 5.32 Å². The zero-order chi connectivity index (χ0) is 13.1. The van der Waals surface area contributed by atoms with Gasteiger partial charge < -0.3 is 5.32 Å². The molecule has 0 saturated heterocycles. The maximum atomic E-state index is 13.2. The summed E-state index contributed by atoms with van der Waals surface area (Å²) in [7, 11) is 0. The largest absolute Gasteiger partial charge is 0.322 e. The molecule has 0 atom stereocenters. The fourth-order valence-electron chi connectivity index (χ4n) is 1.80. The van der Waals surface area contributed by atoms with Crippen LogP contribution in [0.3, 0.4) is 0 Å². The Bertz CT molecular complexity index is 573. The Morgan fingerprint density at radius 3 is 2.50 bits per heavy atom. The van der Waals surface area contributed by atoms with Crippen LogP contribution in [-0.4, -0.2) is 5.91 Å². The second kappa shape index (κ2) is 5.00.